The van der Waals surface area contributed by atoms with Crippen molar-refractivity contribution in [3.63, 3.8) is 0 Å². The second-order valence-corrected chi connectivity index (χ2v) is 29.2. The van der Waals surface area contributed by atoms with E-state index in [1.807, 2.05) is 126 Å². The highest BCUT2D eigenvalue weighted by molar-refractivity contribution is 6.39. The number of pyridine rings is 1. The third-order valence-electron chi connectivity index (χ3n) is 21.4. The molecule has 102 heavy (non-hydrogen) atoms. The number of aromatic nitrogens is 3. The van der Waals surface area contributed by atoms with Crippen LogP contribution in [0.3, 0.4) is 0 Å². The predicted octanol–water partition coefficient (Wildman–Crippen LogP) is 10.5. The molecule has 1 unspecified atom stereocenters. The molecule has 5 N–H and O–H groups in total. The standard InChI is InChI=1S/C80H108N8O14/c1-50-17-12-11-13-18-52(3)69(100-40-39-86-35-37-87(38-36-86)49-58-23-26-60(27-24-58)76(94)83-62-28-21-51(2)65(45-62)85-79-82-33-31-64(84-79)61-19-16-32-81-48-61)46-63-29-22-57(8)80(97,102-63)75(93)77(95)88-34-15-14-20-66(88)78(96)101-70(54(5)43-59-25-30-67(89)71(44-59)98-9)47-68(90)53(4)42-56(7)73(92)74(99-10)72(91)55(6)41-50/h11-13,16-19,21,23-24,26-28,31-33,42,45,48,50,53-55,57,59,63,66-67,69-71,73-74,89,92,97H,14-15,20,22,25,29-30,34-41,43-44,46-47,49H2,1-10H3,(H,83,94)(H,82,84,85)/b13-11+,17-12+,52-18?,56-42+/t50-,53-,54?,55-,57-,59-,63+,66+,67-,69+,70+,71-,73-,74+,80-/m1/s1. The molecule has 2 amide bonds. The van der Waals surface area contributed by atoms with Crippen LogP contribution in [0.4, 0.5) is 17.3 Å². The smallest absolute Gasteiger partial charge is 0.329 e. The Morgan fingerprint density at radius 3 is 2.31 bits per heavy atom. The Bertz CT molecular complexity index is 3610. The molecule has 22 nitrogen and oxygen atoms in total. The van der Waals surface area contributed by atoms with Crippen LogP contribution in [0.2, 0.25) is 0 Å². The lowest BCUT2D eigenvalue weighted by molar-refractivity contribution is -0.266. The molecular formula is C80H108N8O14. The van der Waals surface area contributed by atoms with Gasteiger partial charge in [0.1, 0.15) is 30.1 Å². The molecule has 1 saturated carbocycles. The summed E-state index contributed by atoms with van der Waals surface area (Å²) in [7, 11) is 2.95. The first-order chi connectivity index (χ1) is 48.9. The lowest BCUT2D eigenvalue weighted by atomic mass is 9.78. The van der Waals surface area contributed by atoms with Crippen LogP contribution in [0.1, 0.15) is 147 Å². The second kappa shape index (κ2) is 37.3. The van der Waals surface area contributed by atoms with E-state index in [-0.39, 0.29) is 67.1 Å². The van der Waals surface area contributed by atoms with Gasteiger partial charge in [-0.15, -0.1) is 0 Å². The van der Waals surface area contributed by atoms with Crippen LogP contribution in [-0.2, 0) is 54.2 Å². The predicted molar refractivity (Wildman–Crippen MR) is 390 cm³/mol. The fourth-order valence-electron chi connectivity index (χ4n) is 14.8. The van der Waals surface area contributed by atoms with Crippen LogP contribution in [0.15, 0.2) is 127 Å². The first-order valence-corrected chi connectivity index (χ1v) is 36.6. The van der Waals surface area contributed by atoms with Crippen molar-refractivity contribution in [3.8, 4) is 11.3 Å². The topological polar surface area (TPSA) is 282 Å². The monoisotopic (exact) mass is 1400 g/mol. The molecule has 2 bridgehead atoms. The summed E-state index contributed by atoms with van der Waals surface area (Å²) in [6, 6.07) is 17.8. The van der Waals surface area contributed by atoms with Crippen molar-refractivity contribution in [3.05, 3.63) is 144 Å². The number of esters is 1. The number of carbonyl (C=O) groups excluding carboxylic acids is 6. The Morgan fingerprint density at radius 2 is 1.58 bits per heavy atom. The number of piperidine rings is 1. The van der Waals surface area contributed by atoms with E-state index in [1.165, 1.54) is 12.0 Å². The normalized spacial score (nSPS) is 30.6. The maximum atomic E-state index is 14.7. The summed E-state index contributed by atoms with van der Waals surface area (Å²) in [4.78, 5) is 105. The summed E-state index contributed by atoms with van der Waals surface area (Å²) in [6.45, 7) is 19.7. The van der Waals surface area contributed by atoms with Gasteiger partial charge < -0.3 is 54.5 Å². The van der Waals surface area contributed by atoms with E-state index >= 15 is 0 Å². The number of allylic oxidation sites excluding steroid dienone is 6. The highest BCUT2D eigenvalue weighted by Crippen LogP contribution is 2.39. The molecule has 1 aliphatic carbocycles. The van der Waals surface area contributed by atoms with Crippen LogP contribution in [0.5, 0.6) is 0 Å². The van der Waals surface area contributed by atoms with Gasteiger partial charge in [-0.05, 0) is 167 Å². The molecule has 0 spiro atoms. The largest absolute Gasteiger partial charge is 0.460 e. The molecule has 4 fully saturated rings. The van der Waals surface area contributed by atoms with Crippen LogP contribution in [-0.4, -0.2) is 195 Å². The molecule has 9 rings (SSSR count). The van der Waals surface area contributed by atoms with Crippen molar-refractivity contribution in [2.45, 2.75) is 194 Å². The van der Waals surface area contributed by atoms with Crippen molar-refractivity contribution in [1.82, 2.24) is 29.7 Å². The van der Waals surface area contributed by atoms with E-state index < -0.39 is 83.9 Å². The van der Waals surface area contributed by atoms with Crippen molar-refractivity contribution < 1.29 is 67.8 Å². The number of piperazine rings is 1. The van der Waals surface area contributed by atoms with Gasteiger partial charge in [0, 0.05) is 132 Å². The number of aliphatic hydroxyl groups excluding tert-OH is 2. The molecule has 2 aromatic heterocycles. The van der Waals surface area contributed by atoms with Crippen molar-refractivity contribution in [2.24, 2.45) is 35.5 Å². The summed E-state index contributed by atoms with van der Waals surface area (Å²) in [5.41, 5.74) is 6.81. The third kappa shape index (κ3) is 21.1. The number of Topliss-reactive ketones (excluding diaryl/α,β-unsaturated/α-hetero) is 3. The number of nitrogens with zero attached hydrogens (tertiary/aromatic N) is 6. The number of aryl methyl sites for hydroxylation is 1. The van der Waals surface area contributed by atoms with Gasteiger partial charge >= 0.3 is 5.97 Å². The van der Waals surface area contributed by atoms with Crippen LogP contribution in [0.25, 0.3) is 11.3 Å². The quantitative estimate of drug-likeness (QED) is 0.0396. The van der Waals surface area contributed by atoms with Crippen molar-refractivity contribution in [1.29, 1.82) is 0 Å². The zero-order chi connectivity index (χ0) is 73.2. The number of rotatable bonds is 16. The van der Waals surface area contributed by atoms with E-state index in [1.54, 1.807) is 52.5 Å². The summed E-state index contributed by atoms with van der Waals surface area (Å²) in [5, 5.41) is 41.1. The molecular weight excluding hydrogens is 1300 g/mol. The molecule has 4 aromatic rings. The van der Waals surface area contributed by atoms with E-state index in [9.17, 15) is 44.1 Å². The Kier molecular flexibility index (Phi) is 28.7. The van der Waals surface area contributed by atoms with Crippen molar-refractivity contribution in [2.75, 3.05) is 70.7 Å². The summed E-state index contributed by atoms with van der Waals surface area (Å²) in [6.07, 6.45) is 15.8. The average molecular weight is 1410 g/mol. The zero-order valence-electron chi connectivity index (χ0n) is 61.2. The summed E-state index contributed by atoms with van der Waals surface area (Å²) in [5.74, 6) is -8.20. The molecule has 15 atom stereocenters. The van der Waals surface area contributed by atoms with E-state index in [0.29, 0.717) is 100 Å². The van der Waals surface area contributed by atoms with E-state index in [2.05, 4.69) is 35.4 Å². The number of methoxy groups -OCH3 is 2. The fraction of sp³-hybridized carbons (Fsp3) is 0.562. The zero-order valence-corrected chi connectivity index (χ0v) is 61.2. The number of cyclic esters (lactones) is 1. The first-order valence-electron chi connectivity index (χ1n) is 36.6. The van der Waals surface area contributed by atoms with E-state index in [0.717, 1.165) is 59.8 Å². The van der Waals surface area contributed by atoms with Gasteiger partial charge in [0.05, 0.1) is 36.7 Å². The third-order valence-corrected chi connectivity index (χ3v) is 21.4. The first kappa shape index (κ1) is 78.6. The van der Waals surface area contributed by atoms with Gasteiger partial charge in [-0.25, -0.2) is 14.8 Å². The number of amides is 2. The van der Waals surface area contributed by atoms with Gasteiger partial charge in [0.15, 0.2) is 5.78 Å². The number of nitrogens with one attached hydrogen (secondary N) is 2. The SMILES string of the molecule is CO[C@@H]1C[C@@H](CC(C)[C@@H]2CC(=O)[C@H](C)/C=C(\C)[C@@H](O)[C@@H](OC)C(=O)[C@H](C)C[C@H](C)/C=C/C=C/C=C(C)[C@@H](OCCN3CCN(Cc4ccc(C(=O)Nc5ccc(C)c(Nc6nccc(-c7cccnc7)n6)c5)cc4)CC3)C[C@@H]3CC[C@@H](C)[C@@](O)(O3)C(=O)C(=O)N3CCCC[C@H]3C(=O)O2)CC[C@H]1O. The Labute approximate surface area is 601 Å². The minimum atomic E-state index is -2.51. The Morgan fingerprint density at radius 1 is 0.814 bits per heavy atom. The number of ether oxygens (including phenoxy) is 5. The maximum absolute atomic E-state index is 14.7. The maximum Gasteiger partial charge on any atom is 0.329 e. The number of aliphatic hydroxyl groups is 3. The van der Waals surface area contributed by atoms with Gasteiger partial charge in [-0.1, -0.05) is 89.3 Å². The lowest BCUT2D eigenvalue weighted by Gasteiger charge is -2.43. The fourth-order valence-corrected chi connectivity index (χ4v) is 14.8. The van der Waals surface area contributed by atoms with Crippen LogP contribution >= 0.6 is 0 Å². The average Bonchev–Trinajstić information content (AvgIpc) is 0.772. The highest BCUT2D eigenvalue weighted by Gasteiger charge is 2.53. The van der Waals surface area contributed by atoms with Gasteiger partial charge in [-0.3, -0.25) is 38.8 Å². The van der Waals surface area contributed by atoms with Crippen LogP contribution in [0, 0.1) is 42.4 Å². The Balaban J connectivity index is 0.853. The van der Waals surface area contributed by atoms with Gasteiger partial charge in [-0.2, -0.15) is 0 Å². The number of anilines is 3. The molecule has 0 radical (unpaired) electrons. The minimum Gasteiger partial charge on any atom is -0.460 e. The molecule has 4 aliphatic heterocycles. The highest BCUT2D eigenvalue weighted by atomic mass is 16.6. The molecule has 22 heteroatoms. The number of carbonyl (C=O) groups is 6. The molecule has 6 heterocycles. The van der Waals surface area contributed by atoms with E-state index in [4.69, 9.17) is 23.7 Å². The van der Waals surface area contributed by atoms with Crippen LogP contribution < -0.4 is 10.6 Å². The molecule has 552 valence electrons. The number of fused-ring (bicyclic) bond motifs is 3. The minimum absolute atomic E-state index is 0.0326. The summed E-state index contributed by atoms with van der Waals surface area (Å²) < 4.78 is 30.9. The number of ketones is 3. The second-order valence-electron chi connectivity index (χ2n) is 29.2. The summed E-state index contributed by atoms with van der Waals surface area (Å²) >= 11 is 0. The van der Waals surface area contributed by atoms with Crippen molar-refractivity contribution >= 4 is 52.5 Å². The van der Waals surface area contributed by atoms with Gasteiger partial charge in [0.25, 0.3) is 17.6 Å². The number of hydrogen-bond acceptors (Lipinski definition) is 20. The number of benzene rings is 2. The molecule has 5 aliphatic rings. The Hall–Kier alpha value is -7.51. The lowest BCUT2D eigenvalue weighted by Crippen LogP contribution is -2.61. The van der Waals surface area contributed by atoms with Gasteiger partial charge in [0.2, 0.25) is 11.7 Å². The molecule has 3 saturated heterocycles. The number of hydrogen-bond donors (Lipinski definition) is 5. The molecule has 2 aromatic carbocycles.